The first-order valence-corrected chi connectivity index (χ1v) is 5.42. The van der Waals surface area contributed by atoms with Crippen LogP contribution in [0.2, 0.25) is 0 Å². The molecule has 0 aromatic heterocycles. The molecule has 2 aromatic rings. The molecule has 0 saturated carbocycles. The second kappa shape index (κ2) is 6.40. The van der Waals surface area contributed by atoms with Crippen molar-refractivity contribution in [2.45, 2.75) is 13.1 Å². The van der Waals surface area contributed by atoms with Gasteiger partial charge < -0.3 is 11.5 Å². The molecule has 3 heteroatoms. The third-order valence-corrected chi connectivity index (χ3v) is 2.66. The Bertz CT molecular complexity index is 438. The van der Waals surface area contributed by atoms with Gasteiger partial charge in [0.1, 0.15) is 0 Å². The molecule has 0 unspecified atom stereocenters. The van der Waals surface area contributed by atoms with Gasteiger partial charge in [0.2, 0.25) is 0 Å². The number of nitrogens with two attached hydrogens (primary N) is 2. The topological polar surface area (TPSA) is 52.0 Å². The molecular formula is C14H17ClN2. The normalized spacial score (nSPS) is 9.76. The highest BCUT2D eigenvalue weighted by molar-refractivity contribution is 5.85. The second-order valence-corrected chi connectivity index (χ2v) is 3.81. The van der Waals surface area contributed by atoms with Crippen LogP contribution in [0.15, 0.2) is 48.5 Å². The van der Waals surface area contributed by atoms with Crippen molar-refractivity contribution in [2.24, 2.45) is 11.5 Å². The van der Waals surface area contributed by atoms with Gasteiger partial charge in [-0.1, -0.05) is 36.4 Å². The smallest absolute Gasteiger partial charge is 0.0178 e. The van der Waals surface area contributed by atoms with Crippen molar-refractivity contribution in [1.29, 1.82) is 0 Å². The lowest BCUT2D eigenvalue weighted by molar-refractivity contribution is 1.07. The SMILES string of the molecule is Cl.NCc1cccc(-c2cccc(CN)c2)c1. The van der Waals surface area contributed by atoms with Crippen molar-refractivity contribution in [1.82, 2.24) is 0 Å². The molecule has 0 saturated heterocycles. The molecule has 0 spiro atoms. The highest BCUT2D eigenvalue weighted by atomic mass is 35.5. The Morgan fingerprint density at radius 3 is 1.47 bits per heavy atom. The van der Waals surface area contributed by atoms with Crippen LogP contribution in [-0.2, 0) is 13.1 Å². The van der Waals surface area contributed by atoms with Crippen molar-refractivity contribution in [3.8, 4) is 11.1 Å². The van der Waals surface area contributed by atoms with Crippen LogP contribution < -0.4 is 11.5 Å². The maximum atomic E-state index is 5.63. The molecule has 17 heavy (non-hydrogen) atoms. The second-order valence-electron chi connectivity index (χ2n) is 3.81. The molecular weight excluding hydrogens is 232 g/mol. The molecule has 4 N–H and O–H groups in total. The predicted molar refractivity (Wildman–Crippen MR) is 74.9 cm³/mol. The molecule has 2 nitrogen and oxygen atoms in total. The summed E-state index contributed by atoms with van der Waals surface area (Å²) in [7, 11) is 0. The van der Waals surface area contributed by atoms with Crippen LogP contribution in [0.1, 0.15) is 11.1 Å². The molecule has 0 aliphatic heterocycles. The number of halogens is 1. The minimum atomic E-state index is 0. The van der Waals surface area contributed by atoms with Crippen molar-refractivity contribution < 1.29 is 0 Å². The summed E-state index contributed by atoms with van der Waals surface area (Å²) in [5.41, 5.74) is 15.9. The van der Waals surface area contributed by atoms with E-state index < -0.39 is 0 Å². The van der Waals surface area contributed by atoms with Gasteiger partial charge in [0.15, 0.2) is 0 Å². The Morgan fingerprint density at radius 1 is 0.706 bits per heavy atom. The first-order valence-electron chi connectivity index (χ1n) is 5.42. The van der Waals surface area contributed by atoms with E-state index in [0.29, 0.717) is 13.1 Å². The van der Waals surface area contributed by atoms with Gasteiger partial charge in [-0.05, 0) is 34.4 Å². The van der Waals surface area contributed by atoms with Gasteiger partial charge in [-0.2, -0.15) is 0 Å². The molecule has 90 valence electrons. The van der Waals surface area contributed by atoms with E-state index in [4.69, 9.17) is 11.5 Å². The van der Waals surface area contributed by atoms with Gasteiger partial charge in [0.05, 0.1) is 0 Å². The molecule has 2 rings (SSSR count). The molecule has 0 bridgehead atoms. The molecule has 0 amide bonds. The van der Waals surface area contributed by atoms with Crippen molar-refractivity contribution >= 4 is 12.4 Å². The minimum Gasteiger partial charge on any atom is -0.326 e. The van der Waals surface area contributed by atoms with E-state index in [0.717, 1.165) is 11.1 Å². The lowest BCUT2D eigenvalue weighted by Gasteiger charge is -2.05. The Balaban J connectivity index is 0.00000144. The molecule has 0 aliphatic carbocycles. The highest BCUT2D eigenvalue weighted by Crippen LogP contribution is 2.21. The van der Waals surface area contributed by atoms with Crippen molar-refractivity contribution in [3.63, 3.8) is 0 Å². The molecule has 0 aliphatic rings. The summed E-state index contributed by atoms with van der Waals surface area (Å²) >= 11 is 0. The number of hydrogen-bond donors (Lipinski definition) is 2. The van der Waals surface area contributed by atoms with Crippen LogP contribution in [-0.4, -0.2) is 0 Å². The van der Waals surface area contributed by atoms with Gasteiger partial charge in [-0.3, -0.25) is 0 Å². The van der Waals surface area contributed by atoms with E-state index in [1.807, 2.05) is 24.3 Å². The van der Waals surface area contributed by atoms with Crippen molar-refractivity contribution in [3.05, 3.63) is 59.7 Å². The third-order valence-electron chi connectivity index (χ3n) is 2.66. The summed E-state index contributed by atoms with van der Waals surface area (Å²) in [5.74, 6) is 0. The number of hydrogen-bond acceptors (Lipinski definition) is 2. The van der Waals surface area contributed by atoms with Gasteiger partial charge >= 0.3 is 0 Å². The maximum absolute atomic E-state index is 5.63. The van der Waals surface area contributed by atoms with Gasteiger partial charge in [-0.15, -0.1) is 12.4 Å². The summed E-state index contributed by atoms with van der Waals surface area (Å²) in [6.45, 7) is 1.15. The summed E-state index contributed by atoms with van der Waals surface area (Å²) in [6.07, 6.45) is 0. The molecule has 0 atom stereocenters. The summed E-state index contributed by atoms with van der Waals surface area (Å²) < 4.78 is 0. The van der Waals surface area contributed by atoms with Gasteiger partial charge in [-0.25, -0.2) is 0 Å². The molecule has 2 aromatic carbocycles. The number of rotatable bonds is 3. The predicted octanol–water partition coefficient (Wildman–Crippen LogP) is 2.69. The lowest BCUT2D eigenvalue weighted by Crippen LogP contribution is -1.97. The van der Waals surface area contributed by atoms with Gasteiger partial charge in [0, 0.05) is 13.1 Å². The van der Waals surface area contributed by atoms with Crippen LogP contribution in [0.4, 0.5) is 0 Å². The summed E-state index contributed by atoms with van der Waals surface area (Å²) in [6, 6.07) is 16.6. The fourth-order valence-electron chi connectivity index (χ4n) is 1.76. The monoisotopic (exact) mass is 248 g/mol. The van der Waals surface area contributed by atoms with Crippen LogP contribution >= 0.6 is 12.4 Å². The van der Waals surface area contributed by atoms with E-state index >= 15 is 0 Å². The summed E-state index contributed by atoms with van der Waals surface area (Å²) in [4.78, 5) is 0. The van der Waals surface area contributed by atoms with Crippen LogP contribution in [0, 0.1) is 0 Å². The average Bonchev–Trinajstić information content (AvgIpc) is 2.39. The van der Waals surface area contributed by atoms with E-state index in [2.05, 4.69) is 24.3 Å². The Kier molecular flexibility index (Phi) is 5.16. The van der Waals surface area contributed by atoms with E-state index in [-0.39, 0.29) is 12.4 Å². The Hall–Kier alpha value is -1.35. The minimum absolute atomic E-state index is 0. The van der Waals surface area contributed by atoms with Crippen molar-refractivity contribution in [2.75, 3.05) is 0 Å². The Morgan fingerprint density at radius 2 is 1.12 bits per heavy atom. The standard InChI is InChI=1S/C14H16N2.ClH/c15-9-11-3-1-5-13(7-11)14-6-2-4-12(8-14)10-16;/h1-8H,9-10,15-16H2;1H. The lowest BCUT2D eigenvalue weighted by atomic mass is 10.0. The summed E-state index contributed by atoms with van der Waals surface area (Å²) in [5, 5.41) is 0. The van der Waals surface area contributed by atoms with E-state index in [1.165, 1.54) is 11.1 Å². The first kappa shape index (κ1) is 13.7. The molecule has 0 radical (unpaired) electrons. The first-order chi connectivity index (χ1) is 7.83. The Labute approximate surface area is 108 Å². The van der Waals surface area contributed by atoms with E-state index in [9.17, 15) is 0 Å². The number of benzene rings is 2. The zero-order valence-corrected chi connectivity index (χ0v) is 10.4. The maximum Gasteiger partial charge on any atom is 0.0178 e. The van der Waals surface area contributed by atoms with Crippen LogP contribution in [0.5, 0.6) is 0 Å². The average molecular weight is 249 g/mol. The third kappa shape index (κ3) is 3.30. The van der Waals surface area contributed by atoms with Crippen LogP contribution in [0.25, 0.3) is 11.1 Å². The van der Waals surface area contributed by atoms with Gasteiger partial charge in [0.25, 0.3) is 0 Å². The molecule has 0 fully saturated rings. The zero-order chi connectivity index (χ0) is 11.4. The quantitative estimate of drug-likeness (QED) is 0.878. The fourth-order valence-corrected chi connectivity index (χ4v) is 1.76. The van der Waals surface area contributed by atoms with E-state index in [1.54, 1.807) is 0 Å². The molecule has 0 heterocycles. The van der Waals surface area contributed by atoms with Crippen LogP contribution in [0.3, 0.4) is 0 Å². The highest BCUT2D eigenvalue weighted by Gasteiger charge is 1.99. The zero-order valence-electron chi connectivity index (χ0n) is 9.60. The largest absolute Gasteiger partial charge is 0.326 e. The fraction of sp³-hybridized carbons (Fsp3) is 0.143.